The molecule has 0 bridgehead atoms. The fourth-order valence-electron chi connectivity index (χ4n) is 5.28. The van der Waals surface area contributed by atoms with Crippen molar-refractivity contribution >= 4 is 22.9 Å². The molecule has 2 aliphatic rings. The number of benzene rings is 1. The van der Waals surface area contributed by atoms with Crippen LogP contribution in [0.3, 0.4) is 0 Å². The van der Waals surface area contributed by atoms with Gasteiger partial charge in [0.05, 0.1) is 11.2 Å². The Hall–Kier alpha value is -3.26. The second-order valence-corrected chi connectivity index (χ2v) is 10.5. The van der Waals surface area contributed by atoms with E-state index in [1.807, 2.05) is 29.5 Å². The Balaban J connectivity index is 1.28. The summed E-state index contributed by atoms with van der Waals surface area (Å²) in [6.45, 7) is 16.0. The van der Waals surface area contributed by atoms with Gasteiger partial charge in [0, 0.05) is 88.1 Å². The van der Waals surface area contributed by atoms with Crippen molar-refractivity contribution in [2.45, 2.75) is 39.8 Å². The molecular weight excluding hydrogens is 450 g/mol. The van der Waals surface area contributed by atoms with Crippen LogP contribution in [0, 0.1) is 0 Å². The second-order valence-electron chi connectivity index (χ2n) is 10.5. The number of fused-ring (bicyclic) bond motifs is 1. The fraction of sp³-hybridized carbons (Fsp3) is 0.500. The predicted octanol–water partition coefficient (Wildman–Crippen LogP) is 3.77. The molecule has 0 spiro atoms. The molecule has 2 fully saturated rings. The van der Waals surface area contributed by atoms with Crippen LogP contribution in [0.1, 0.15) is 27.7 Å². The topological polar surface area (TPSA) is 59.4 Å². The normalized spacial score (nSPS) is 17.4. The van der Waals surface area contributed by atoms with Crippen molar-refractivity contribution in [3.05, 3.63) is 48.8 Å². The highest BCUT2D eigenvalue weighted by atomic mass is 16.2. The Kier molecular flexibility index (Phi) is 7.05. The maximum atomic E-state index is 12.4. The maximum absolute atomic E-state index is 12.4. The van der Waals surface area contributed by atoms with Crippen LogP contribution in [0.2, 0.25) is 0 Å². The van der Waals surface area contributed by atoms with Crippen LogP contribution in [-0.2, 0) is 0 Å². The van der Waals surface area contributed by atoms with Crippen LogP contribution in [0.25, 0.3) is 16.6 Å². The number of hydrogen-bond donors (Lipinski definition) is 1. The second kappa shape index (κ2) is 10.4. The Bertz CT molecular complexity index is 1170. The van der Waals surface area contributed by atoms with Crippen LogP contribution < -0.4 is 15.1 Å². The van der Waals surface area contributed by atoms with E-state index in [0.29, 0.717) is 19.1 Å². The maximum Gasteiger partial charge on any atom is 0.317 e. The lowest BCUT2D eigenvalue weighted by Gasteiger charge is -2.38. The highest BCUT2D eigenvalue weighted by molar-refractivity contribution is 5.81. The lowest BCUT2D eigenvalue weighted by molar-refractivity contribution is 0.192. The van der Waals surface area contributed by atoms with Gasteiger partial charge in [-0.2, -0.15) is 5.10 Å². The molecule has 1 N–H and O–H groups in total. The molecule has 2 aromatic heterocycles. The number of anilines is 2. The molecular formula is C28H39N7O. The van der Waals surface area contributed by atoms with Gasteiger partial charge in [-0.3, -0.25) is 4.90 Å². The molecule has 8 heteroatoms. The molecule has 0 unspecified atom stereocenters. The minimum atomic E-state index is 0.0275. The Morgan fingerprint density at radius 1 is 0.833 bits per heavy atom. The first kappa shape index (κ1) is 24.4. The minimum Gasteiger partial charge on any atom is -0.369 e. The summed E-state index contributed by atoms with van der Waals surface area (Å²) in [7, 11) is 0. The molecule has 4 heterocycles. The van der Waals surface area contributed by atoms with E-state index >= 15 is 0 Å². The van der Waals surface area contributed by atoms with E-state index in [4.69, 9.17) is 0 Å². The Morgan fingerprint density at radius 2 is 1.50 bits per heavy atom. The molecule has 2 amide bonds. The number of carbonyl (C=O) groups is 1. The van der Waals surface area contributed by atoms with Crippen LogP contribution in [0.5, 0.6) is 0 Å². The van der Waals surface area contributed by atoms with E-state index < -0.39 is 0 Å². The van der Waals surface area contributed by atoms with Crippen molar-refractivity contribution < 1.29 is 4.79 Å². The lowest BCUT2D eigenvalue weighted by Crippen LogP contribution is -2.53. The Morgan fingerprint density at radius 3 is 2.14 bits per heavy atom. The van der Waals surface area contributed by atoms with Gasteiger partial charge >= 0.3 is 6.03 Å². The van der Waals surface area contributed by atoms with E-state index in [2.05, 4.69) is 81.6 Å². The van der Waals surface area contributed by atoms with E-state index in [1.54, 1.807) is 0 Å². The van der Waals surface area contributed by atoms with Gasteiger partial charge in [-0.1, -0.05) is 12.1 Å². The van der Waals surface area contributed by atoms with Crippen molar-refractivity contribution in [3.63, 3.8) is 0 Å². The SMILES string of the molecule is CC(C)NC(=O)N1CCN(c2ccnn3cc(-c4ccc(N5CCN(C(C)C)CC5)cc4)cc23)CC1. The monoisotopic (exact) mass is 489 g/mol. The van der Waals surface area contributed by atoms with E-state index in [-0.39, 0.29) is 12.1 Å². The van der Waals surface area contributed by atoms with Crippen LogP contribution in [0.4, 0.5) is 16.2 Å². The van der Waals surface area contributed by atoms with Crippen molar-refractivity contribution in [1.82, 2.24) is 24.7 Å². The average molecular weight is 490 g/mol. The van der Waals surface area contributed by atoms with Crippen molar-refractivity contribution in [3.8, 4) is 11.1 Å². The van der Waals surface area contributed by atoms with Crippen molar-refractivity contribution in [1.29, 1.82) is 0 Å². The quantitative estimate of drug-likeness (QED) is 0.591. The molecule has 0 aliphatic carbocycles. The lowest BCUT2D eigenvalue weighted by atomic mass is 10.1. The summed E-state index contributed by atoms with van der Waals surface area (Å²) in [5, 5.41) is 7.57. The number of piperazine rings is 2. The summed E-state index contributed by atoms with van der Waals surface area (Å²) < 4.78 is 1.97. The zero-order valence-electron chi connectivity index (χ0n) is 22.0. The third-order valence-electron chi connectivity index (χ3n) is 7.42. The smallest absolute Gasteiger partial charge is 0.317 e. The Labute approximate surface area is 214 Å². The van der Waals surface area contributed by atoms with Crippen molar-refractivity contribution in [2.75, 3.05) is 62.2 Å². The third-order valence-corrected chi connectivity index (χ3v) is 7.42. The van der Waals surface area contributed by atoms with Gasteiger partial charge in [0.1, 0.15) is 0 Å². The highest BCUT2D eigenvalue weighted by Gasteiger charge is 2.23. The number of rotatable bonds is 5. The predicted molar refractivity (Wildman–Crippen MR) is 147 cm³/mol. The largest absolute Gasteiger partial charge is 0.369 e. The fourth-order valence-corrected chi connectivity index (χ4v) is 5.28. The van der Waals surface area contributed by atoms with Gasteiger partial charge in [-0.15, -0.1) is 0 Å². The molecule has 36 heavy (non-hydrogen) atoms. The summed E-state index contributed by atoms with van der Waals surface area (Å²) in [5.41, 5.74) is 5.93. The van der Waals surface area contributed by atoms with Crippen LogP contribution >= 0.6 is 0 Å². The molecule has 8 nitrogen and oxygen atoms in total. The highest BCUT2D eigenvalue weighted by Crippen LogP contribution is 2.30. The van der Waals surface area contributed by atoms with Gasteiger partial charge in [0.15, 0.2) is 0 Å². The number of carbonyl (C=O) groups excluding carboxylic acids is 1. The summed E-state index contributed by atoms with van der Waals surface area (Å²) in [6, 6.07) is 14.1. The molecule has 0 saturated carbocycles. The standard InChI is InChI=1S/C28H39N7O/c1-21(2)30-28(36)34-17-15-33(16-18-34)26-9-10-29-35-20-24(19-27(26)35)23-5-7-25(8-6-23)32-13-11-31(12-14-32)22(3)4/h5-10,19-22H,11-18H2,1-4H3,(H,30,36). The van der Waals surface area contributed by atoms with Gasteiger partial charge in [0.2, 0.25) is 0 Å². The van der Waals surface area contributed by atoms with Gasteiger partial charge < -0.3 is 20.0 Å². The molecule has 192 valence electrons. The molecule has 1 aromatic carbocycles. The van der Waals surface area contributed by atoms with Gasteiger partial charge in [-0.05, 0) is 57.5 Å². The number of hydrogen-bond acceptors (Lipinski definition) is 5. The van der Waals surface area contributed by atoms with Gasteiger partial charge in [-0.25, -0.2) is 9.31 Å². The molecule has 5 rings (SSSR count). The van der Waals surface area contributed by atoms with Gasteiger partial charge in [0.25, 0.3) is 0 Å². The number of aromatic nitrogens is 2. The molecule has 3 aromatic rings. The van der Waals surface area contributed by atoms with Crippen LogP contribution in [-0.4, -0.2) is 89.9 Å². The molecule has 0 atom stereocenters. The van der Waals surface area contributed by atoms with E-state index in [9.17, 15) is 4.79 Å². The number of nitrogens with zero attached hydrogens (tertiary/aromatic N) is 6. The molecule has 2 saturated heterocycles. The van der Waals surface area contributed by atoms with Crippen LogP contribution in [0.15, 0.2) is 48.8 Å². The summed E-state index contributed by atoms with van der Waals surface area (Å²) in [6.07, 6.45) is 3.98. The first-order chi connectivity index (χ1) is 17.4. The van der Waals surface area contributed by atoms with E-state index in [0.717, 1.165) is 44.8 Å². The first-order valence-electron chi connectivity index (χ1n) is 13.3. The summed E-state index contributed by atoms with van der Waals surface area (Å²) in [5.74, 6) is 0. The number of amides is 2. The zero-order valence-corrected chi connectivity index (χ0v) is 22.0. The average Bonchev–Trinajstić information content (AvgIpc) is 3.33. The number of urea groups is 1. The molecule has 2 aliphatic heterocycles. The minimum absolute atomic E-state index is 0.0275. The molecule has 0 radical (unpaired) electrons. The third kappa shape index (κ3) is 5.14. The summed E-state index contributed by atoms with van der Waals surface area (Å²) in [4.78, 5) is 21.7. The zero-order chi connectivity index (χ0) is 25.2. The first-order valence-corrected chi connectivity index (χ1v) is 13.3. The summed E-state index contributed by atoms with van der Waals surface area (Å²) >= 11 is 0. The van der Waals surface area contributed by atoms with E-state index in [1.165, 1.54) is 22.5 Å². The number of nitrogens with one attached hydrogen (secondary N) is 1. The van der Waals surface area contributed by atoms with Crippen molar-refractivity contribution in [2.24, 2.45) is 0 Å².